The van der Waals surface area contributed by atoms with Crippen molar-refractivity contribution in [3.8, 4) is 5.69 Å². The molecule has 0 saturated carbocycles. The molecule has 0 radical (unpaired) electrons. The highest BCUT2D eigenvalue weighted by Gasteiger charge is 2.22. The number of hydrogen-bond donors (Lipinski definition) is 0. The summed E-state index contributed by atoms with van der Waals surface area (Å²) in [4.78, 5) is 19.9. The summed E-state index contributed by atoms with van der Waals surface area (Å²) in [6.45, 7) is 0.479. The van der Waals surface area contributed by atoms with Gasteiger partial charge in [-0.15, -0.1) is 0 Å². The van der Waals surface area contributed by atoms with Crippen LogP contribution in [-0.4, -0.2) is 25.6 Å². The summed E-state index contributed by atoms with van der Waals surface area (Å²) in [7, 11) is 0. The van der Waals surface area contributed by atoms with Gasteiger partial charge in [-0.1, -0.05) is 54.1 Å². The molecule has 0 aliphatic carbocycles. The van der Waals surface area contributed by atoms with Gasteiger partial charge >= 0.3 is 0 Å². The first-order valence-corrected chi connectivity index (χ1v) is 11.1. The van der Waals surface area contributed by atoms with Crippen molar-refractivity contribution in [1.29, 1.82) is 0 Å². The Morgan fingerprint density at radius 1 is 0.912 bits per heavy atom. The molecular weight excluding hydrogens is 451 g/mol. The van der Waals surface area contributed by atoms with Crippen molar-refractivity contribution < 1.29 is 9.18 Å². The fraction of sp³-hybridized carbons (Fsp3) is 0.0741. The maximum atomic E-state index is 13.9. The average Bonchev–Trinajstić information content (AvgIpc) is 3.33. The molecule has 0 saturated heterocycles. The van der Waals surface area contributed by atoms with E-state index in [1.165, 1.54) is 12.1 Å². The van der Waals surface area contributed by atoms with Crippen LogP contribution < -0.4 is 0 Å². The summed E-state index contributed by atoms with van der Waals surface area (Å²) >= 11 is 6.32. The number of carbonyl (C=O) groups excluding carboxylic acids is 1. The van der Waals surface area contributed by atoms with Gasteiger partial charge in [0.05, 0.1) is 29.0 Å². The highest BCUT2D eigenvalue weighted by atomic mass is 35.5. The Morgan fingerprint density at radius 3 is 2.53 bits per heavy atom. The minimum atomic E-state index is -0.422. The van der Waals surface area contributed by atoms with Crippen LogP contribution in [0.5, 0.6) is 0 Å². The number of benzene rings is 3. The molecule has 0 unspecified atom stereocenters. The van der Waals surface area contributed by atoms with Crippen molar-refractivity contribution in [2.75, 3.05) is 0 Å². The molecule has 2 heterocycles. The summed E-state index contributed by atoms with van der Waals surface area (Å²) < 4.78 is 15.4. The molecule has 5 aromatic rings. The number of carbonyl (C=O) groups is 1. The Morgan fingerprint density at radius 2 is 1.71 bits per heavy atom. The molecule has 0 aliphatic heterocycles. The van der Waals surface area contributed by atoms with Crippen LogP contribution in [0.4, 0.5) is 4.39 Å². The second-order valence-electron chi connectivity index (χ2n) is 7.84. The molecule has 2 aromatic heterocycles. The van der Waals surface area contributed by atoms with Gasteiger partial charge in [0.25, 0.3) is 5.91 Å². The third kappa shape index (κ3) is 4.40. The van der Waals surface area contributed by atoms with Gasteiger partial charge in [0, 0.05) is 29.3 Å². The zero-order valence-corrected chi connectivity index (χ0v) is 18.9. The van der Waals surface area contributed by atoms with Gasteiger partial charge in [0.1, 0.15) is 5.82 Å². The first-order chi connectivity index (χ1) is 16.6. The topological polar surface area (TPSA) is 51.0 Å². The SMILES string of the molecule is O=C(c1ccnc2ccccc12)N(Cc1ccc(F)cc1Cl)Cc1ccnn1-c1ccccc1. The molecule has 0 fully saturated rings. The molecule has 5 rings (SSSR count). The Balaban J connectivity index is 1.55. The maximum absolute atomic E-state index is 13.9. The first kappa shape index (κ1) is 21.8. The minimum absolute atomic E-state index is 0.181. The molecule has 0 atom stereocenters. The number of para-hydroxylation sites is 2. The van der Waals surface area contributed by atoms with Crippen LogP contribution in [0.15, 0.2) is 97.3 Å². The van der Waals surface area contributed by atoms with E-state index in [1.54, 1.807) is 34.1 Å². The Bertz CT molecular complexity index is 1460. The van der Waals surface area contributed by atoms with Crippen LogP contribution in [0.3, 0.4) is 0 Å². The zero-order chi connectivity index (χ0) is 23.5. The molecule has 1 amide bonds. The molecule has 0 aliphatic rings. The standard InChI is InChI=1S/C27H20ClFN4O/c28-25-16-20(29)11-10-19(25)17-32(18-22-12-15-31-33(22)21-6-2-1-3-7-21)27(34)24-13-14-30-26-9-5-4-8-23(24)26/h1-16H,17-18H2. The van der Waals surface area contributed by atoms with E-state index < -0.39 is 5.82 Å². The molecule has 7 heteroatoms. The number of pyridine rings is 1. The number of rotatable bonds is 6. The van der Waals surface area contributed by atoms with E-state index in [0.29, 0.717) is 11.1 Å². The fourth-order valence-electron chi connectivity index (χ4n) is 3.96. The van der Waals surface area contributed by atoms with Crippen LogP contribution >= 0.6 is 11.6 Å². The van der Waals surface area contributed by atoms with Crippen molar-refractivity contribution in [3.63, 3.8) is 0 Å². The number of hydrogen-bond acceptors (Lipinski definition) is 3. The van der Waals surface area contributed by atoms with E-state index in [0.717, 1.165) is 22.3 Å². The summed E-state index contributed by atoms with van der Waals surface area (Å²) in [5.41, 5.74) is 3.65. The highest BCUT2D eigenvalue weighted by Crippen LogP contribution is 2.24. The average molecular weight is 471 g/mol. The van der Waals surface area contributed by atoms with Crippen LogP contribution in [-0.2, 0) is 13.1 Å². The number of halogens is 2. The fourth-order valence-corrected chi connectivity index (χ4v) is 4.18. The normalized spacial score (nSPS) is 11.0. The van der Waals surface area contributed by atoms with E-state index in [9.17, 15) is 9.18 Å². The molecule has 0 bridgehead atoms. The number of aromatic nitrogens is 3. The quantitative estimate of drug-likeness (QED) is 0.303. The van der Waals surface area contributed by atoms with Crippen molar-refractivity contribution in [3.05, 3.63) is 125 Å². The molecule has 34 heavy (non-hydrogen) atoms. The van der Waals surface area contributed by atoms with Crippen LogP contribution in [0, 0.1) is 5.82 Å². The number of amides is 1. The Labute approximate surface area is 201 Å². The maximum Gasteiger partial charge on any atom is 0.255 e. The third-order valence-electron chi connectivity index (χ3n) is 5.62. The van der Waals surface area contributed by atoms with Crippen LogP contribution in [0.1, 0.15) is 21.6 Å². The van der Waals surface area contributed by atoms with Crippen molar-refractivity contribution in [2.45, 2.75) is 13.1 Å². The van der Waals surface area contributed by atoms with Crippen molar-refractivity contribution in [2.24, 2.45) is 0 Å². The van der Waals surface area contributed by atoms with E-state index >= 15 is 0 Å². The Kier molecular flexibility index (Phi) is 6.06. The lowest BCUT2D eigenvalue weighted by atomic mass is 10.1. The zero-order valence-electron chi connectivity index (χ0n) is 18.1. The van der Waals surface area contributed by atoms with Gasteiger partial charge in [-0.25, -0.2) is 9.07 Å². The van der Waals surface area contributed by atoms with Gasteiger partial charge in [0.2, 0.25) is 0 Å². The smallest absolute Gasteiger partial charge is 0.255 e. The van der Waals surface area contributed by atoms with E-state index in [2.05, 4.69) is 10.1 Å². The lowest BCUT2D eigenvalue weighted by Crippen LogP contribution is -2.31. The van der Waals surface area contributed by atoms with Crippen LogP contribution in [0.25, 0.3) is 16.6 Å². The van der Waals surface area contributed by atoms with Crippen LogP contribution in [0.2, 0.25) is 5.02 Å². The monoisotopic (exact) mass is 470 g/mol. The summed E-state index contributed by atoms with van der Waals surface area (Å²) in [6, 6.07) is 25.1. The Hall–Kier alpha value is -4.03. The molecular formula is C27H20ClFN4O. The van der Waals surface area contributed by atoms with Crippen molar-refractivity contribution >= 4 is 28.4 Å². The molecule has 168 valence electrons. The minimum Gasteiger partial charge on any atom is -0.328 e. The number of nitrogens with zero attached hydrogens (tertiary/aromatic N) is 4. The lowest BCUT2D eigenvalue weighted by molar-refractivity contribution is 0.0728. The van der Waals surface area contributed by atoms with Gasteiger partial charge in [-0.05, 0) is 48.0 Å². The molecule has 0 N–H and O–H groups in total. The highest BCUT2D eigenvalue weighted by molar-refractivity contribution is 6.31. The summed E-state index contributed by atoms with van der Waals surface area (Å²) in [5, 5.41) is 5.49. The predicted octanol–water partition coefficient (Wildman–Crippen LogP) is 6.06. The summed E-state index contributed by atoms with van der Waals surface area (Å²) in [5.74, 6) is -0.603. The molecule has 3 aromatic carbocycles. The first-order valence-electron chi connectivity index (χ1n) is 10.8. The van der Waals surface area contributed by atoms with E-state index in [1.807, 2.05) is 60.7 Å². The van der Waals surface area contributed by atoms with E-state index in [-0.39, 0.29) is 24.0 Å². The second-order valence-corrected chi connectivity index (χ2v) is 8.25. The summed E-state index contributed by atoms with van der Waals surface area (Å²) in [6.07, 6.45) is 3.34. The van der Waals surface area contributed by atoms with Gasteiger partial charge in [0.15, 0.2) is 0 Å². The molecule has 5 nitrogen and oxygen atoms in total. The lowest BCUT2D eigenvalue weighted by Gasteiger charge is -2.24. The van der Waals surface area contributed by atoms with Gasteiger partial charge in [-0.2, -0.15) is 5.10 Å². The largest absolute Gasteiger partial charge is 0.328 e. The third-order valence-corrected chi connectivity index (χ3v) is 5.97. The predicted molar refractivity (Wildman–Crippen MR) is 130 cm³/mol. The number of fused-ring (bicyclic) bond motifs is 1. The molecule has 0 spiro atoms. The van der Waals surface area contributed by atoms with Gasteiger partial charge < -0.3 is 4.90 Å². The van der Waals surface area contributed by atoms with E-state index in [4.69, 9.17) is 11.6 Å². The van der Waals surface area contributed by atoms with Crippen molar-refractivity contribution in [1.82, 2.24) is 19.7 Å². The van der Waals surface area contributed by atoms with Gasteiger partial charge in [-0.3, -0.25) is 9.78 Å². The second kappa shape index (κ2) is 9.45.